The second-order valence-electron chi connectivity index (χ2n) is 4.41. The summed E-state index contributed by atoms with van der Waals surface area (Å²) >= 11 is 1.18. The maximum Gasteiger partial charge on any atom is 0.343 e. The highest BCUT2D eigenvalue weighted by Gasteiger charge is 2.20. The molecular formula is C14H9F2N3O3S. The maximum atomic E-state index is 13.5. The van der Waals surface area contributed by atoms with Gasteiger partial charge in [0.25, 0.3) is 5.95 Å². The largest absolute Gasteiger partial charge is 0.462 e. The Morgan fingerprint density at radius 3 is 2.87 bits per heavy atom. The SMILES string of the molecule is CCOC(=O)c1cn(-c2nccs2)c2nc(F)c(F)cc2c1=O. The first-order valence-corrected chi connectivity index (χ1v) is 7.39. The number of esters is 1. The zero-order chi connectivity index (χ0) is 16.6. The molecule has 0 atom stereocenters. The van der Waals surface area contributed by atoms with Crippen LogP contribution < -0.4 is 5.43 Å². The Kier molecular flexibility index (Phi) is 3.87. The van der Waals surface area contributed by atoms with E-state index in [1.54, 1.807) is 12.3 Å². The van der Waals surface area contributed by atoms with Crippen molar-refractivity contribution in [3.8, 4) is 5.13 Å². The van der Waals surface area contributed by atoms with E-state index in [2.05, 4.69) is 9.97 Å². The van der Waals surface area contributed by atoms with Crippen LogP contribution in [0.25, 0.3) is 16.2 Å². The Morgan fingerprint density at radius 1 is 1.43 bits per heavy atom. The molecule has 0 unspecified atom stereocenters. The third kappa shape index (κ3) is 2.59. The molecule has 3 aromatic rings. The smallest absolute Gasteiger partial charge is 0.343 e. The number of thiazole rings is 1. The van der Waals surface area contributed by atoms with Crippen LogP contribution in [0.4, 0.5) is 8.78 Å². The van der Waals surface area contributed by atoms with Gasteiger partial charge in [0, 0.05) is 17.8 Å². The number of nitrogens with zero attached hydrogens (tertiary/aromatic N) is 3. The molecule has 3 heterocycles. The third-order valence-corrected chi connectivity index (χ3v) is 3.78. The minimum absolute atomic E-state index is 0.0730. The van der Waals surface area contributed by atoms with Crippen molar-refractivity contribution >= 4 is 28.3 Å². The van der Waals surface area contributed by atoms with Gasteiger partial charge in [0.15, 0.2) is 16.6 Å². The van der Waals surface area contributed by atoms with Gasteiger partial charge in [-0.3, -0.25) is 9.36 Å². The Morgan fingerprint density at radius 2 is 2.22 bits per heavy atom. The highest BCUT2D eigenvalue weighted by atomic mass is 32.1. The van der Waals surface area contributed by atoms with E-state index in [4.69, 9.17) is 4.74 Å². The first kappa shape index (κ1) is 15.2. The monoisotopic (exact) mass is 337 g/mol. The van der Waals surface area contributed by atoms with Crippen molar-refractivity contribution in [1.29, 1.82) is 0 Å². The zero-order valence-corrected chi connectivity index (χ0v) is 12.6. The first-order valence-electron chi connectivity index (χ1n) is 6.51. The van der Waals surface area contributed by atoms with Gasteiger partial charge in [0.2, 0.25) is 5.43 Å². The van der Waals surface area contributed by atoms with Crippen LogP contribution in [-0.4, -0.2) is 27.1 Å². The van der Waals surface area contributed by atoms with E-state index in [-0.39, 0.29) is 23.2 Å². The van der Waals surface area contributed by atoms with Gasteiger partial charge in [0.05, 0.1) is 12.0 Å². The van der Waals surface area contributed by atoms with Crippen molar-refractivity contribution in [1.82, 2.24) is 14.5 Å². The number of carbonyl (C=O) groups excluding carboxylic acids is 1. The van der Waals surface area contributed by atoms with Gasteiger partial charge < -0.3 is 4.74 Å². The van der Waals surface area contributed by atoms with Crippen LogP contribution in [0.3, 0.4) is 0 Å². The Hall–Kier alpha value is -2.68. The highest BCUT2D eigenvalue weighted by Crippen LogP contribution is 2.19. The fraction of sp³-hybridized carbons (Fsp3) is 0.143. The summed E-state index contributed by atoms with van der Waals surface area (Å²) in [5, 5.41) is 1.77. The van der Waals surface area contributed by atoms with E-state index >= 15 is 0 Å². The lowest BCUT2D eigenvalue weighted by molar-refractivity contribution is 0.0524. The topological polar surface area (TPSA) is 74.1 Å². The molecule has 0 spiro atoms. The molecule has 0 aliphatic rings. The van der Waals surface area contributed by atoms with Crippen LogP contribution in [0.1, 0.15) is 17.3 Å². The van der Waals surface area contributed by atoms with Crippen LogP contribution in [0, 0.1) is 11.8 Å². The zero-order valence-electron chi connectivity index (χ0n) is 11.7. The summed E-state index contributed by atoms with van der Waals surface area (Å²) < 4.78 is 33.0. The van der Waals surface area contributed by atoms with E-state index in [1.807, 2.05) is 0 Å². The summed E-state index contributed by atoms with van der Waals surface area (Å²) in [6, 6.07) is 0.715. The molecule has 0 aromatic carbocycles. The number of fused-ring (bicyclic) bond motifs is 1. The molecule has 0 N–H and O–H groups in total. The van der Waals surface area contributed by atoms with Crippen molar-refractivity contribution < 1.29 is 18.3 Å². The number of halogens is 2. The number of carbonyl (C=O) groups is 1. The predicted molar refractivity (Wildman–Crippen MR) is 78.9 cm³/mol. The number of hydrogen-bond donors (Lipinski definition) is 0. The lowest BCUT2D eigenvalue weighted by Crippen LogP contribution is -2.21. The molecule has 118 valence electrons. The molecule has 0 radical (unpaired) electrons. The molecule has 0 aliphatic heterocycles. The summed E-state index contributed by atoms with van der Waals surface area (Å²) in [6.07, 6.45) is 2.67. The summed E-state index contributed by atoms with van der Waals surface area (Å²) in [5.41, 5.74) is -1.21. The minimum Gasteiger partial charge on any atom is -0.462 e. The van der Waals surface area contributed by atoms with Gasteiger partial charge in [-0.15, -0.1) is 11.3 Å². The van der Waals surface area contributed by atoms with Gasteiger partial charge >= 0.3 is 5.97 Å². The Labute approximate surface area is 132 Å². The van der Waals surface area contributed by atoms with Crippen molar-refractivity contribution in [3.05, 3.63) is 51.4 Å². The summed E-state index contributed by atoms with van der Waals surface area (Å²) in [4.78, 5) is 31.8. The van der Waals surface area contributed by atoms with E-state index in [0.717, 1.165) is 0 Å². The fourth-order valence-electron chi connectivity index (χ4n) is 2.04. The molecule has 6 nitrogen and oxygen atoms in total. The summed E-state index contributed by atoms with van der Waals surface area (Å²) in [5.74, 6) is -3.47. The molecule has 0 fully saturated rings. The molecule has 0 amide bonds. The fourth-order valence-corrected chi connectivity index (χ4v) is 2.65. The summed E-state index contributed by atoms with van der Waals surface area (Å²) in [7, 11) is 0. The highest BCUT2D eigenvalue weighted by molar-refractivity contribution is 7.12. The van der Waals surface area contributed by atoms with Gasteiger partial charge in [0.1, 0.15) is 5.56 Å². The number of aromatic nitrogens is 3. The van der Waals surface area contributed by atoms with E-state index in [0.29, 0.717) is 11.2 Å². The number of ether oxygens (including phenoxy) is 1. The van der Waals surface area contributed by atoms with Gasteiger partial charge in [-0.05, 0) is 13.0 Å². The molecule has 0 aliphatic carbocycles. The van der Waals surface area contributed by atoms with E-state index < -0.39 is 23.2 Å². The Balaban J connectivity index is 2.40. The summed E-state index contributed by atoms with van der Waals surface area (Å²) in [6.45, 7) is 1.67. The molecule has 0 saturated carbocycles. The van der Waals surface area contributed by atoms with Crippen molar-refractivity contribution in [3.63, 3.8) is 0 Å². The molecule has 23 heavy (non-hydrogen) atoms. The Bertz CT molecular complexity index is 954. The van der Waals surface area contributed by atoms with Crippen LogP contribution in [0.15, 0.2) is 28.6 Å². The van der Waals surface area contributed by atoms with E-state index in [1.165, 1.54) is 28.3 Å². The number of rotatable bonds is 3. The van der Waals surface area contributed by atoms with Crippen molar-refractivity contribution in [2.24, 2.45) is 0 Å². The van der Waals surface area contributed by atoms with Crippen LogP contribution in [0.5, 0.6) is 0 Å². The lowest BCUT2D eigenvalue weighted by atomic mass is 10.2. The van der Waals surface area contributed by atoms with Crippen molar-refractivity contribution in [2.75, 3.05) is 6.61 Å². The van der Waals surface area contributed by atoms with Crippen LogP contribution >= 0.6 is 11.3 Å². The number of pyridine rings is 2. The second-order valence-corrected chi connectivity index (χ2v) is 5.28. The molecule has 3 rings (SSSR count). The molecule has 0 saturated heterocycles. The molecule has 9 heteroatoms. The third-order valence-electron chi connectivity index (χ3n) is 3.01. The molecular weight excluding hydrogens is 328 g/mol. The van der Waals surface area contributed by atoms with Crippen LogP contribution in [-0.2, 0) is 4.74 Å². The second kappa shape index (κ2) is 5.84. The average molecular weight is 337 g/mol. The standard InChI is InChI=1S/C14H9F2N3O3S/c1-2-22-13(21)8-6-19(14-17-3-4-23-14)12-7(10(8)20)5-9(15)11(16)18-12/h3-6H,2H2,1H3. The normalized spacial score (nSPS) is 10.9. The van der Waals surface area contributed by atoms with E-state index in [9.17, 15) is 18.4 Å². The van der Waals surface area contributed by atoms with Gasteiger partial charge in [-0.25, -0.2) is 14.2 Å². The maximum absolute atomic E-state index is 13.5. The minimum atomic E-state index is -1.34. The lowest BCUT2D eigenvalue weighted by Gasteiger charge is -2.10. The molecule has 3 aromatic heterocycles. The molecule has 0 bridgehead atoms. The van der Waals surface area contributed by atoms with Crippen LogP contribution in [0.2, 0.25) is 0 Å². The average Bonchev–Trinajstić information content (AvgIpc) is 3.04. The number of hydrogen-bond acceptors (Lipinski definition) is 6. The quantitative estimate of drug-likeness (QED) is 0.541. The van der Waals surface area contributed by atoms with Crippen molar-refractivity contribution in [2.45, 2.75) is 6.92 Å². The first-order chi connectivity index (χ1) is 11.0. The predicted octanol–water partition coefficient (Wildman–Crippen LogP) is 2.30. The van der Waals surface area contributed by atoms with Gasteiger partial charge in [-0.2, -0.15) is 9.37 Å². The van der Waals surface area contributed by atoms with Gasteiger partial charge in [-0.1, -0.05) is 0 Å².